The molecule has 1 saturated carbocycles. The summed E-state index contributed by atoms with van der Waals surface area (Å²) in [5.41, 5.74) is 1.76. The van der Waals surface area contributed by atoms with E-state index in [9.17, 15) is 9.59 Å². The van der Waals surface area contributed by atoms with Crippen molar-refractivity contribution in [3.8, 4) is 0 Å². The van der Waals surface area contributed by atoms with Crippen LogP contribution >= 0.6 is 0 Å². The fourth-order valence-corrected chi connectivity index (χ4v) is 3.95. The minimum Gasteiger partial charge on any atom is -0.462 e. The lowest BCUT2D eigenvalue weighted by Crippen LogP contribution is -2.24. The molecule has 1 atom stereocenters. The molecule has 4 nitrogen and oxygen atoms in total. The molecular formula is C24H24O4. The van der Waals surface area contributed by atoms with E-state index in [0.29, 0.717) is 16.7 Å². The zero-order chi connectivity index (χ0) is 19.5. The molecule has 28 heavy (non-hydrogen) atoms. The van der Waals surface area contributed by atoms with Crippen LogP contribution in [0.1, 0.15) is 66.6 Å². The predicted octanol–water partition coefficient (Wildman–Crippen LogP) is 5.64. The lowest BCUT2D eigenvalue weighted by atomic mass is 9.94. The average Bonchev–Trinajstić information content (AvgIpc) is 3.13. The Morgan fingerprint density at radius 3 is 2.39 bits per heavy atom. The van der Waals surface area contributed by atoms with Gasteiger partial charge in [0.1, 0.15) is 11.7 Å². The Hall–Kier alpha value is -2.88. The summed E-state index contributed by atoms with van der Waals surface area (Å²) in [6.07, 6.45) is 5.21. The molecule has 1 aromatic heterocycles. The molecule has 1 fully saturated rings. The average molecular weight is 376 g/mol. The number of ketones is 1. The van der Waals surface area contributed by atoms with E-state index < -0.39 is 5.92 Å². The molecule has 4 rings (SSSR count). The van der Waals surface area contributed by atoms with Crippen LogP contribution < -0.4 is 0 Å². The number of hydrogen-bond donors (Lipinski definition) is 0. The minimum atomic E-state index is -0.576. The van der Waals surface area contributed by atoms with Crippen LogP contribution in [0.3, 0.4) is 0 Å². The van der Waals surface area contributed by atoms with Crippen LogP contribution in [0.25, 0.3) is 11.0 Å². The second kappa shape index (κ2) is 8.01. The van der Waals surface area contributed by atoms with E-state index >= 15 is 0 Å². The van der Waals surface area contributed by atoms with Gasteiger partial charge in [-0.15, -0.1) is 0 Å². The van der Waals surface area contributed by atoms with Crippen molar-refractivity contribution in [1.29, 1.82) is 0 Å². The third-order valence-corrected chi connectivity index (χ3v) is 5.50. The third kappa shape index (κ3) is 3.59. The Bertz CT molecular complexity index is 980. The maximum absolute atomic E-state index is 13.1. The lowest BCUT2D eigenvalue weighted by molar-refractivity contribution is -0.151. The highest BCUT2D eigenvalue weighted by molar-refractivity contribution is 6.11. The van der Waals surface area contributed by atoms with Crippen molar-refractivity contribution >= 4 is 22.7 Å². The smallest absolute Gasteiger partial charge is 0.313 e. The Morgan fingerprint density at radius 1 is 0.964 bits per heavy atom. The molecule has 1 unspecified atom stereocenters. The molecule has 0 saturated heterocycles. The van der Waals surface area contributed by atoms with Gasteiger partial charge in [0.2, 0.25) is 5.78 Å². The van der Waals surface area contributed by atoms with Gasteiger partial charge in [0, 0.05) is 16.5 Å². The van der Waals surface area contributed by atoms with E-state index in [1.165, 1.54) is 6.42 Å². The van der Waals surface area contributed by atoms with Crippen molar-refractivity contribution in [3.05, 3.63) is 71.5 Å². The van der Waals surface area contributed by atoms with Gasteiger partial charge < -0.3 is 9.15 Å². The molecule has 0 N–H and O–H groups in total. The molecule has 1 aliphatic rings. The van der Waals surface area contributed by atoms with Crippen LogP contribution in [0.2, 0.25) is 0 Å². The first-order valence-corrected chi connectivity index (χ1v) is 9.97. The SMILES string of the molecule is CC(C(=O)OC1CCCCC1)c1c(C(=O)c2ccccc2)oc2ccccc12. The van der Waals surface area contributed by atoms with E-state index in [1.54, 1.807) is 19.1 Å². The van der Waals surface area contributed by atoms with Gasteiger partial charge in [0.05, 0.1) is 5.92 Å². The van der Waals surface area contributed by atoms with Crippen LogP contribution in [-0.4, -0.2) is 17.9 Å². The fraction of sp³-hybridized carbons (Fsp3) is 0.333. The van der Waals surface area contributed by atoms with Crippen LogP contribution in [0.5, 0.6) is 0 Å². The van der Waals surface area contributed by atoms with E-state index in [1.807, 2.05) is 42.5 Å². The van der Waals surface area contributed by atoms with Gasteiger partial charge in [-0.1, -0.05) is 55.0 Å². The molecule has 0 radical (unpaired) electrons. The highest BCUT2D eigenvalue weighted by atomic mass is 16.5. The molecule has 1 heterocycles. The standard InChI is InChI=1S/C24H24O4/c1-16(24(26)27-18-12-6-3-7-13-18)21-19-14-8-9-15-20(19)28-23(21)22(25)17-10-4-2-5-11-17/h2,4-5,8-11,14-16,18H,3,6-7,12-13H2,1H3. The first kappa shape index (κ1) is 18.5. The number of fused-ring (bicyclic) bond motifs is 1. The van der Waals surface area contributed by atoms with Crippen LogP contribution in [0, 0.1) is 0 Å². The molecule has 1 aliphatic carbocycles. The van der Waals surface area contributed by atoms with E-state index in [4.69, 9.17) is 9.15 Å². The van der Waals surface area contributed by atoms with E-state index in [2.05, 4.69) is 0 Å². The summed E-state index contributed by atoms with van der Waals surface area (Å²) in [6, 6.07) is 16.5. The van der Waals surface area contributed by atoms with Gasteiger partial charge in [-0.05, 0) is 38.7 Å². The summed E-state index contributed by atoms with van der Waals surface area (Å²) in [6.45, 7) is 1.80. The largest absolute Gasteiger partial charge is 0.462 e. The first-order valence-electron chi connectivity index (χ1n) is 9.97. The van der Waals surface area contributed by atoms with Crippen molar-refractivity contribution in [3.63, 3.8) is 0 Å². The van der Waals surface area contributed by atoms with E-state index in [-0.39, 0.29) is 23.6 Å². The third-order valence-electron chi connectivity index (χ3n) is 5.50. The number of carbonyl (C=O) groups excluding carboxylic acids is 2. The fourth-order valence-electron chi connectivity index (χ4n) is 3.95. The topological polar surface area (TPSA) is 56.5 Å². The van der Waals surface area contributed by atoms with Crippen LogP contribution in [-0.2, 0) is 9.53 Å². The number of para-hydroxylation sites is 1. The second-order valence-electron chi connectivity index (χ2n) is 7.45. The van der Waals surface area contributed by atoms with Crippen molar-refractivity contribution in [2.75, 3.05) is 0 Å². The summed E-state index contributed by atoms with van der Waals surface area (Å²) < 4.78 is 11.7. The van der Waals surface area contributed by atoms with Crippen LogP contribution in [0.4, 0.5) is 0 Å². The zero-order valence-electron chi connectivity index (χ0n) is 16.0. The lowest BCUT2D eigenvalue weighted by Gasteiger charge is -2.23. The number of hydrogen-bond acceptors (Lipinski definition) is 4. The Balaban J connectivity index is 1.70. The number of furan rings is 1. The summed E-state index contributed by atoms with van der Waals surface area (Å²) in [5.74, 6) is -0.863. The maximum Gasteiger partial charge on any atom is 0.313 e. The highest BCUT2D eigenvalue weighted by Crippen LogP contribution is 2.35. The number of ether oxygens (including phenoxy) is 1. The molecule has 0 aliphatic heterocycles. The Kier molecular flexibility index (Phi) is 5.29. The summed E-state index contributed by atoms with van der Waals surface area (Å²) in [5, 5.41) is 0.787. The highest BCUT2D eigenvalue weighted by Gasteiger charge is 2.31. The van der Waals surface area contributed by atoms with Crippen molar-refractivity contribution in [2.45, 2.75) is 51.0 Å². The molecule has 2 aromatic carbocycles. The number of carbonyl (C=O) groups is 2. The molecule has 144 valence electrons. The molecule has 4 heteroatoms. The van der Waals surface area contributed by atoms with E-state index in [0.717, 1.165) is 31.1 Å². The van der Waals surface area contributed by atoms with Gasteiger partial charge in [-0.2, -0.15) is 0 Å². The monoisotopic (exact) mass is 376 g/mol. The van der Waals surface area contributed by atoms with Gasteiger partial charge in [-0.25, -0.2) is 0 Å². The number of benzene rings is 2. The molecule has 0 bridgehead atoms. The second-order valence-corrected chi connectivity index (χ2v) is 7.45. The van der Waals surface area contributed by atoms with Crippen molar-refractivity contribution in [1.82, 2.24) is 0 Å². The molecule has 3 aromatic rings. The Labute approximate surface area is 164 Å². The van der Waals surface area contributed by atoms with Crippen molar-refractivity contribution in [2.24, 2.45) is 0 Å². The normalized spacial score (nSPS) is 16.0. The molecular weight excluding hydrogens is 352 g/mol. The van der Waals surface area contributed by atoms with Gasteiger partial charge in [0.25, 0.3) is 0 Å². The Morgan fingerprint density at radius 2 is 1.64 bits per heavy atom. The number of rotatable bonds is 5. The summed E-state index contributed by atoms with van der Waals surface area (Å²) >= 11 is 0. The minimum absolute atomic E-state index is 0.0184. The van der Waals surface area contributed by atoms with Gasteiger partial charge in [0.15, 0.2) is 5.76 Å². The van der Waals surface area contributed by atoms with Crippen molar-refractivity contribution < 1.29 is 18.7 Å². The van der Waals surface area contributed by atoms with Crippen LogP contribution in [0.15, 0.2) is 59.0 Å². The zero-order valence-corrected chi connectivity index (χ0v) is 16.0. The molecule has 0 spiro atoms. The summed E-state index contributed by atoms with van der Waals surface area (Å²) in [7, 11) is 0. The summed E-state index contributed by atoms with van der Waals surface area (Å²) in [4.78, 5) is 26.0. The molecule has 0 amide bonds. The number of esters is 1. The quantitative estimate of drug-likeness (QED) is 0.427. The maximum atomic E-state index is 13.1. The van der Waals surface area contributed by atoms with Gasteiger partial charge in [-0.3, -0.25) is 9.59 Å². The van der Waals surface area contributed by atoms with Gasteiger partial charge >= 0.3 is 5.97 Å². The first-order chi connectivity index (χ1) is 13.6. The predicted molar refractivity (Wildman–Crippen MR) is 107 cm³/mol.